The number of nitrogens with zero attached hydrogens (tertiary/aromatic N) is 2. The highest BCUT2D eigenvalue weighted by Gasteiger charge is 2.49. The van der Waals surface area contributed by atoms with Crippen LogP contribution in [0.4, 0.5) is 0 Å². The lowest BCUT2D eigenvalue weighted by atomic mass is 9.73. The Kier molecular flexibility index (Phi) is 4.85. The van der Waals surface area contributed by atoms with Gasteiger partial charge in [0.1, 0.15) is 0 Å². The molecule has 30 heavy (non-hydrogen) atoms. The number of benzene rings is 2. The van der Waals surface area contributed by atoms with Gasteiger partial charge in [-0.05, 0) is 60.4 Å². The molecule has 5 heteroatoms. The van der Waals surface area contributed by atoms with Crippen LogP contribution in [-0.4, -0.2) is 41.8 Å². The van der Waals surface area contributed by atoms with Gasteiger partial charge in [0, 0.05) is 37.6 Å². The second kappa shape index (κ2) is 7.42. The Hall–Kier alpha value is -2.33. The quantitative estimate of drug-likeness (QED) is 0.725. The monoisotopic (exact) mass is 422 g/mol. The molecule has 3 aliphatic rings. The first-order valence-corrected chi connectivity index (χ1v) is 11.2. The molecule has 5 rings (SSSR count). The number of halogens is 1. The van der Waals surface area contributed by atoms with E-state index in [2.05, 4.69) is 18.2 Å². The van der Waals surface area contributed by atoms with Crippen molar-refractivity contribution in [1.29, 1.82) is 0 Å². The van der Waals surface area contributed by atoms with Gasteiger partial charge in [-0.15, -0.1) is 0 Å². The topological polar surface area (TPSA) is 40.6 Å². The summed E-state index contributed by atoms with van der Waals surface area (Å²) in [5.74, 6) is 0.868. The zero-order valence-corrected chi connectivity index (χ0v) is 18.1. The van der Waals surface area contributed by atoms with Crippen molar-refractivity contribution in [2.75, 3.05) is 20.1 Å². The molecule has 0 unspecified atom stereocenters. The average Bonchev–Trinajstić information content (AvgIpc) is 3.56. The summed E-state index contributed by atoms with van der Waals surface area (Å²) in [6, 6.07) is 16.2. The van der Waals surface area contributed by atoms with E-state index in [1.807, 2.05) is 47.2 Å². The molecule has 1 saturated heterocycles. The molecule has 1 saturated carbocycles. The molecule has 0 bridgehead atoms. The third-order valence-corrected chi connectivity index (χ3v) is 7.55. The summed E-state index contributed by atoms with van der Waals surface area (Å²) in [4.78, 5) is 30.3. The van der Waals surface area contributed by atoms with Crippen LogP contribution in [-0.2, 0) is 22.6 Å². The van der Waals surface area contributed by atoms with Gasteiger partial charge in [-0.25, -0.2) is 0 Å². The molecule has 4 nitrogen and oxygen atoms in total. The highest BCUT2D eigenvalue weighted by Crippen LogP contribution is 2.49. The van der Waals surface area contributed by atoms with E-state index in [9.17, 15) is 9.59 Å². The van der Waals surface area contributed by atoms with Crippen molar-refractivity contribution in [1.82, 2.24) is 9.80 Å². The van der Waals surface area contributed by atoms with Gasteiger partial charge in [-0.3, -0.25) is 9.59 Å². The summed E-state index contributed by atoms with van der Waals surface area (Å²) in [6.07, 6.45) is 3.19. The summed E-state index contributed by atoms with van der Waals surface area (Å²) in [6.45, 7) is 2.01. The van der Waals surface area contributed by atoms with Crippen LogP contribution in [0.1, 0.15) is 41.9 Å². The highest BCUT2D eigenvalue weighted by molar-refractivity contribution is 6.30. The van der Waals surface area contributed by atoms with Crippen molar-refractivity contribution in [3.63, 3.8) is 0 Å². The molecule has 0 radical (unpaired) electrons. The first kappa shape index (κ1) is 19.6. The van der Waals surface area contributed by atoms with E-state index in [0.717, 1.165) is 30.7 Å². The van der Waals surface area contributed by atoms with Crippen LogP contribution >= 0.6 is 11.6 Å². The fourth-order valence-corrected chi connectivity index (χ4v) is 5.51. The normalized spacial score (nSPS) is 25.1. The molecule has 2 aromatic carbocycles. The molecule has 2 heterocycles. The van der Waals surface area contributed by atoms with E-state index in [1.54, 1.807) is 0 Å². The number of carbonyl (C=O) groups is 2. The Morgan fingerprint density at radius 1 is 1.03 bits per heavy atom. The zero-order valence-electron chi connectivity index (χ0n) is 17.3. The van der Waals surface area contributed by atoms with Crippen LogP contribution in [0, 0.1) is 11.3 Å². The van der Waals surface area contributed by atoms with Crippen molar-refractivity contribution < 1.29 is 9.59 Å². The average molecular weight is 423 g/mol. The SMILES string of the molecule is CN1Cc2ccccc2CC2(CCN(C(=O)[C@H]3C[C@H]3c3ccc(Cl)cc3)CC2)C1=O. The fourth-order valence-electron chi connectivity index (χ4n) is 5.38. The molecule has 2 fully saturated rings. The van der Waals surface area contributed by atoms with E-state index >= 15 is 0 Å². The van der Waals surface area contributed by atoms with E-state index in [1.165, 1.54) is 16.7 Å². The molecular weight excluding hydrogens is 396 g/mol. The van der Waals surface area contributed by atoms with Gasteiger partial charge in [0.2, 0.25) is 11.8 Å². The largest absolute Gasteiger partial charge is 0.342 e. The summed E-state index contributed by atoms with van der Waals surface area (Å²) in [5, 5.41) is 0.725. The highest BCUT2D eigenvalue weighted by atomic mass is 35.5. The molecule has 1 spiro atoms. The Labute approximate surface area is 182 Å². The van der Waals surface area contributed by atoms with Gasteiger partial charge < -0.3 is 9.80 Å². The number of fused-ring (bicyclic) bond motifs is 1. The summed E-state index contributed by atoms with van der Waals surface area (Å²) in [5.41, 5.74) is 3.34. The van der Waals surface area contributed by atoms with Crippen LogP contribution in [0.25, 0.3) is 0 Å². The lowest BCUT2D eigenvalue weighted by molar-refractivity contribution is -0.147. The van der Waals surface area contributed by atoms with E-state index in [4.69, 9.17) is 11.6 Å². The van der Waals surface area contributed by atoms with Crippen LogP contribution in [0.15, 0.2) is 48.5 Å². The third-order valence-electron chi connectivity index (χ3n) is 7.29. The van der Waals surface area contributed by atoms with E-state index in [0.29, 0.717) is 25.6 Å². The second-order valence-corrected chi connectivity index (χ2v) is 9.65. The Bertz CT molecular complexity index is 979. The van der Waals surface area contributed by atoms with Crippen molar-refractivity contribution in [3.8, 4) is 0 Å². The predicted octanol–water partition coefficient (Wildman–Crippen LogP) is 4.27. The lowest BCUT2D eigenvalue weighted by Gasteiger charge is -2.41. The Morgan fingerprint density at radius 2 is 1.70 bits per heavy atom. The Morgan fingerprint density at radius 3 is 2.40 bits per heavy atom. The fraction of sp³-hybridized carbons (Fsp3) is 0.440. The maximum absolute atomic E-state index is 13.3. The van der Waals surface area contributed by atoms with Gasteiger partial charge in [-0.2, -0.15) is 0 Å². The molecule has 1 aliphatic carbocycles. The van der Waals surface area contributed by atoms with E-state index < -0.39 is 0 Å². The first-order valence-electron chi connectivity index (χ1n) is 10.8. The molecule has 0 aromatic heterocycles. The molecule has 156 valence electrons. The number of amides is 2. The second-order valence-electron chi connectivity index (χ2n) is 9.21. The number of likely N-dealkylation sites (tertiary alicyclic amines) is 1. The van der Waals surface area contributed by atoms with Gasteiger partial charge in [0.25, 0.3) is 0 Å². The third kappa shape index (κ3) is 3.41. The minimum Gasteiger partial charge on any atom is -0.342 e. The number of carbonyl (C=O) groups excluding carboxylic acids is 2. The van der Waals surface area contributed by atoms with Crippen molar-refractivity contribution >= 4 is 23.4 Å². The smallest absolute Gasteiger partial charge is 0.229 e. The van der Waals surface area contributed by atoms with Crippen LogP contribution in [0.5, 0.6) is 0 Å². The standard InChI is InChI=1S/C25H27ClN2O2/c1-27-16-19-5-3-2-4-18(19)15-25(24(27)30)10-12-28(13-11-25)23(29)22-14-21(22)17-6-8-20(26)9-7-17/h2-9,21-22H,10-16H2,1H3/t21-,22-/m0/s1. The number of hydrogen-bond acceptors (Lipinski definition) is 2. The van der Waals surface area contributed by atoms with Gasteiger partial charge in [-0.1, -0.05) is 48.0 Å². The Balaban J connectivity index is 1.27. The van der Waals surface area contributed by atoms with Crippen LogP contribution < -0.4 is 0 Å². The zero-order chi connectivity index (χ0) is 20.9. The molecular formula is C25H27ClN2O2. The first-order chi connectivity index (χ1) is 14.5. The summed E-state index contributed by atoms with van der Waals surface area (Å²) < 4.78 is 0. The molecule has 2 amide bonds. The van der Waals surface area contributed by atoms with Gasteiger partial charge in [0.05, 0.1) is 5.41 Å². The summed E-state index contributed by atoms with van der Waals surface area (Å²) in [7, 11) is 1.91. The number of piperidine rings is 1. The van der Waals surface area contributed by atoms with Gasteiger partial charge in [0.15, 0.2) is 0 Å². The van der Waals surface area contributed by atoms with Gasteiger partial charge >= 0.3 is 0 Å². The minimum atomic E-state index is -0.378. The maximum Gasteiger partial charge on any atom is 0.229 e. The number of hydrogen-bond donors (Lipinski definition) is 0. The number of rotatable bonds is 2. The van der Waals surface area contributed by atoms with Crippen molar-refractivity contribution in [2.24, 2.45) is 11.3 Å². The van der Waals surface area contributed by atoms with Crippen LogP contribution in [0.3, 0.4) is 0 Å². The minimum absolute atomic E-state index is 0.0773. The molecule has 2 aliphatic heterocycles. The molecule has 2 atom stereocenters. The summed E-state index contributed by atoms with van der Waals surface area (Å²) >= 11 is 5.99. The van der Waals surface area contributed by atoms with E-state index in [-0.39, 0.29) is 23.1 Å². The lowest BCUT2D eigenvalue weighted by Crippen LogP contribution is -2.50. The molecule has 2 aromatic rings. The van der Waals surface area contributed by atoms with Crippen molar-refractivity contribution in [3.05, 3.63) is 70.2 Å². The van der Waals surface area contributed by atoms with Crippen LogP contribution in [0.2, 0.25) is 5.02 Å². The molecule has 0 N–H and O–H groups in total. The van der Waals surface area contributed by atoms with Crippen molar-refractivity contribution in [2.45, 2.75) is 38.1 Å². The predicted molar refractivity (Wildman–Crippen MR) is 117 cm³/mol. The maximum atomic E-state index is 13.3.